The second kappa shape index (κ2) is 15.1. The molecule has 0 spiro atoms. The number of likely N-dealkylation sites (tertiary alicyclic amines) is 1. The fourth-order valence-electron chi connectivity index (χ4n) is 5.89. The summed E-state index contributed by atoms with van der Waals surface area (Å²) in [6, 6.07) is 28.2. The lowest BCUT2D eigenvalue weighted by Crippen LogP contribution is -2.41. The van der Waals surface area contributed by atoms with Crippen molar-refractivity contribution in [2.75, 3.05) is 31.6 Å². The maximum atomic E-state index is 13.3. The van der Waals surface area contributed by atoms with E-state index in [9.17, 15) is 27.6 Å². The molecule has 0 saturated carbocycles. The zero-order valence-electron chi connectivity index (χ0n) is 25.9. The van der Waals surface area contributed by atoms with Crippen molar-refractivity contribution in [3.63, 3.8) is 0 Å². The maximum Gasteiger partial charge on any atom is 0.416 e. The van der Waals surface area contributed by atoms with Crippen molar-refractivity contribution in [2.24, 2.45) is 0 Å². The molecular weight excluding hydrogens is 607 g/mol. The number of rotatable bonds is 10. The predicted octanol–water partition coefficient (Wildman–Crippen LogP) is 7.22. The molecule has 1 saturated heterocycles. The van der Waals surface area contributed by atoms with Crippen LogP contribution >= 0.6 is 0 Å². The zero-order valence-corrected chi connectivity index (χ0v) is 25.9. The molecule has 47 heavy (non-hydrogen) atoms. The van der Waals surface area contributed by atoms with Gasteiger partial charge in [-0.3, -0.25) is 14.5 Å². The van der Waals surface area contributed by atoms with Crippen molar-refractivity contribution in [3.8, 4) is 11.1 Å². The predicted molar refractivity (Wildman–Crippen MR) is 174 cm³/mol. The molecular formula is C37H36F3N3O4. The van der Waals surface area contributed by atoms with Gasteiger partial charge in [0.15, 0.2) is 0 Å². The fraction of sp³-hybridized carbons (Fsp3) is 0.270. The lowest BCUT2D eigenvalue weighted by Gasteiger charge is -2.36. The lowest BCUT2D eigenvalue weighted by molar-refractivity contribution is -0.151. The first kappa shape index (κ1) is 33.4. The highest BCUT2D eigenvalue weighted by Crippen LogP contribution is 2.34. The minimum atomic E-state index is -4.44. The quantitative estimate of drug-likeness (QED) is 0.141. The molecule has 2 amide bonds. The number of carbonyl (C=O) groups is 3. The van der Waals surface area contributed by atoms with Gasteiger partial charge in [-0.05, 0) is 84.4 Å². The van der Waals surface area contributed by atoms with Gasteiger partial charge in [0.25, 0.3) is 5.91 Å². The van der Waals surface area contributed by atoms with Crippen LogP contribution in [0.5, 0.6) is 0 Å². The van der Waals surface area contributed by atoms with Gasteiger partial charge >= 0.3 is 12.1 Å². The van der Waals surface area contributed by atoms with Gasteiger partial charge in [0.2, 0.25) is 5.91 Å². The summed E-state index contributed by atoms with van der Waals surface area (Å²) in [7, 11) is 0. The van der Waals surface area contributed by atoms with E-state index in [0.29, 0.717) is 35.5 Å². The molecule has 1 fully saturated rings. The molecule has 1 heterocycles. The van der Waals surface area contributed by atoms with Crippen LogP contribution in [0.4, 0.5) is 18.9 Å². The summed E-state index contributed by atoms with van der Waals surface area (Å²) in [6.07, 6.45) is -2.78. The van der Waals surface area contributed by atoms with Crippen LogP contribution in [-0.4, -0.2) is 48.9 Å². The first-order valence-electron chi connectivity index (χ1n) is 15.5. The Morgan fingerprint density at radius 3 is 2.13 bits per heavy atom. The highest BCUT2D eigenvalue weighted by Gasteiger charge is 2.33. The summed E-state index contributed by atoms with van der Waals surface area (Å²) >= 11 is 0. The lowest BCUT2D eigenvalue weighted by atomic mass is 9.88. The van der Waals surface area contributed by atoms with Gasteiger partial charge in [0.1, 0.15) is 12.6 Å². The average Bonchev–Trinajstić information content (AvgIpc) is 3.07. The number of ether oxygens (including phenoxy) is 1. The van der Waals surface area contributed by atoms with E-state index in [1.54, 1.807) is 24.3 Å². The van der Waals surface area contributed by atoms with Crippen LogP contribution in [0, 0.1) is 0 Å². The summed E-state index contributed by atoms with van der Waals surface area (Å²) in [5.41, 5.74) is 3.24. The Morgan fingerprint density at radius 2 is 1.49 bits per heavy atom. The number of benzene rings is 4. The van der Waals surface area contributed by atoms with Gasteiger partial charge in [0, 0.05) is 18.2 Å². The molecule has 0 bridgehead atoms. The Hall–Kier alpha value is -4.96. The summed E-state index contributed by atoms with van der Waals surface area (Å²) < 4.78 is 44.6. The molecule has 10 heteroatoms. The van der Waals surface area contributed by atoms with E-state index >= 15 is 0 Å². The van der Waals surface area contributed by atoms with Gasteiger partial charge in [-0.2, -0.15) is 13.2 Å². The largest absolute Gasteiger partial charge is 0.462 e. The summed E-state index contributed by atoms with van der Waals surface area (Å²) in [4.78, 5) is 39.7. The van der Waals surface area contributed by atoms with Crippen LogP contribution in [0.1, 0.15) is 58.8 Å². The third-order valence-electron chi connectivity index (χ3n) is 8.29. The summed E-state index contributed by atoms with van der Waals surface area (Å²) in [6.45, 7) is 3.14. The molecule has 1 unspecified atom stereocenters. The molecule has 5 rings (SSSR count). The molecule has 1 aliphatic rings. The number of halogens is 3. The number of esters is 1. The van der Waals surface area contributed by atoms with E-state index in [1.165, 1.54) is 19.1 Å². The third-order valence-corrected chi connectivity index (χ3v) is 8.29. The van der Waals surface area contributed by atoms with Gasteiger partial charge in [-0.15, -0.1) is 0 Å². The number of hydrogen-bond donors (Lipinski definition) is 2. The van der Waals surface area contributed by atoms with Gasteiger partial charge in [-0.1, -0.05) is 72.8 Å². The van der Waals surface area contributed by atoms with Gasteiger partial charge in [-0.25, -0.2) is 4.79 Å². The number of amides is 2. The topological polar surface area (TPSA) is 87.7 Å². The normalized spacial score (nSPS) is 14.6. The van der Waals surface area contributed by atoms with Gasteiger partial charge < -0.3 is 15.4 Å². The molecule has 0 radical (unpaired) electrons. The molecule has 244 valence electrons. The van der Waals surface area contributed by atoms with E-state index in [4.69, 9.17) is 4.74 Å². The summed E-state index contributed by atoms with van der Waals surface area (Å²) in [5, 5.41) is 5.55. The minimum absolute atomic E-state index is 0.0989. The van der Waals surface area contributed by atoms with Crippen molar-refractivity contribution >= 4 is 23.5 Å². The number of piperidine rings is 1. The second-order valence-electron chi connectivity index (χ2n) is 11.5. The summed E-state index contributed by atoms with van der Waals surface area (Å²) in [5.74, 6) is -0.624. The van der Waals surface area contributed by atoms with Gasteiger partial charge in [0.05, 0.1) is 12.1 Å². The van der Waals surface area contributed by atoms with Crippen LogP contribution in [-0.2, 0) is 20.5 Å². The van der Waals surface area contributed by atoms with E-state index in [1.807, 2.05) is 54.6 Å². The molecule has 7 nitrogen and oxygen atoms in total. The van der Waals surface area contributed by atoms with E-state index in [-0.39, 0.29) is 36.9 Å². The zero-order chi connectivity index (χ0) is 33.4. The molecule has 0 aromatic heterocycles. The standard InChI is InChI=1S/C37H36F3N3O4/c1-25(44)41-21-24-47-36(46)34(29-7-3-2-4-8-29)43-22-19-27(20-23-43)26-13-17-31(18-14-26)42-35(45)33-10-6-5-9-32(33)28-11-15-30(16-12-28)37(38,39)40/h2-18,27,34H,19-24H2,1H3,(H,41,44)(H,42,45). The number of hydrogen-bond acceptors (Lipinski definition) is 5. The van der Waals surface area contributed by atoms with E-state index in [2.05, 4.69) is 15.5 Å². The van der Waals surface area contributed by atoms with Crippen LogP contribution in [0.15, 0.2) is 103 Å². The first-order chi connectivity index (χ1) is 22.6. The van der Waals surface area contributed by atoms with Crippen LogP contribution in [0.2, 0.25) is 0 Å². The molecule has 4 aromatic carbocycles. The van der Waals surface area contributed by atoms with Crippen molar-refractivity contribution < 1.29 is 32.3 Å². The highest BCUT2D eigenvalue weighted by atomic mass is 19.4. The second-order valence-corrected chi connectivity index (χ2v) is 11.5. The molecule has 1 aliphatic heterocycles. The Morgan fingerprint density at radius 1 is 0.851 bits per heavy atom. The van der Waals surface area contributed by atoms with Crippen LogP contribution < -0.4 is 10.6 Å². The van der Waals surface area contributed by atoms with Crippen molar-refractivity contribution in [1.29, 1.82) is 0 Å². The first-order valence-corrected chi connectivity index (χ1v) is 15.5. The Kier molecular flexibility index (Phi) is 10.7. The molecule has 0 aliphatic carbocycles. The fourth-order valence-corrected chi connectivity index (χ4v) is 5.89. The maximum absolute atomic E-state index is 13.3. The molecule has 1 atom stereocenters. The van der Waals surface area contributed by atoms with E-state index < -0.39 is 17.8 Å². The van der Waals surface area contributed by atoms with Crippen molar-refractivity contribution in [1.82, 2.24) is 10.2 Å². The van der Waals surface area contributed by atoms with Crippen molar-refractivity contribution in [2.45, 2.75) is 37.9 Å². The molecule has 2 N–H and O–H groups in total. The Labute approximate surface area is 271 Å². The number of anilines is 1. The van der Waals surface area contributed by atoms with Crippen molar-refractivity contribution in [3.05, 3.63) is 125 Å². The average molecular weight is 644 g/mol. The highest BCUT2D eigenvalue weighted by molar-refractivity contribution is 6.08. The van der Waals surface area contributed by atoms with Crippen LogP contribution in [0.3, 0.4) is 0 Å². The molecule has 4 aromatic rings. The number of nitrogens with one attached hydrogen (secondary N) is 2. The third kappa shape index (κ3) is 8.65. The smallest absolute Gasteiger partial charge is 0.416 e. The minimum Gasteiger partial charge on any atom is -0.462 e. The monoisotopic (exact) mass is 643 g/mol. The Bertz CT molecular complexity index is 1670. The van der Waals surface area contributed by atoms with Crippen LogP contribution in [0.25, 0.3) is 11.1 Å². The Balaban J connectivity index is 1.20. The SMILES string of the molecule is CC(=O)NCCOC(=O)C(c1ccccc1)N1CCC(c2ccc(NC(=O)c3ccccc3-c3ccc(C(F)(F)F)cc3)cc2)CC1. The number of alkyl halides is 3. The number of nitrogens with zero attached hydrogens (tertiary/aromatic N) is 1. The van der Waals surface area contributed by atoms with E-state index in [0.717, 1.165) is 36.1 Å². The number of carbonyl (C=O) groups excluding carboxylic acids is 3.